The molecule has 4 aliphatic heterocycles. The average Bonchev–Trinajstić information content (AvgIpc) is 3.72. The van der Waals surface area contributed by atoms with Crippen molar-refractivity contribution in [1.29, 1.82) is 0 Å². The minimum Gasteiger partial charge on any atom is -0.508 e. The molecule has 210 valence electrons. The van der Waals surface area contributed by atoms with Gasteiger partial charge in [0.25, 0.3) is 5.71 Å². The predicted octanol–water partition coefficient (Wildman–Crippen LogP) is 4.02. The number of benzene rings is 2. The van der Waals surface area contributed by atoms with E-state index in [1.54, 1.807) is 12.1 Å². The zero-order valence-corrected chi connectivity index (χ0v) is 22.6. The van der Waals surface area contributed by atoms with Crippen molar-refractivity contribution >= 4 is 27.8 Å². The molecule has 0 aliphatic carbocycles. The first-order valence-electron chi connectivity index (χ1n) is 14.4. The van der Waals surface area contributed by atoms with Gasteiger partial charge >= 0.3 is 6.01 Å². The number of halogens is 1. The Labute approximate surface area is 236 Å². The molecular formula is C31H31FN6O3. The van der Waals surface area contributed by atoms with Gasteiger partial charge in [0.05, 0.1) is 5.54 Å². The van der Waals surface area contributed by atoms with E-state index in [0.717, 1.165) is 56.1 Å². The fraction of sp³-hybridized carbons (Fsp3) is 0.452. The highest BCUT2D eigenvalue weighted by Crippen LogP contribution is 2.41. The van der Waals surface area contributed by atoms with Crippen LogP contribution in [-0.4, -0.2) is 81.5 Å². The van der Waals surface area contributed by atoms with Crippen molar-refractivity contribution in [2.75, 3.05) is 37.7 Å². The number of hydrogen-bond donors (Lipinski definition) is 2. The van der Waals surface area contributed by atoms with Crippen molar-refractivity contribution in [2.45, 2.75) is 55.9 Å². The van der Waals surface area contributed by atoms with E-state index in [4.69, 9.17) is 25.5 Å². The smallest absolute Gasteiger partial charge is 0.321 e. The van der Waals surface area contributed by atoms with E-state index in [-0.39, 0.29) is 17.3 Å². The van der Waals surface area contributed by atoms with E-state index in [1.165, 1.54) is 0 Å². The van der Waals surface area contributed by atoms with Gasteiger partial charge in [-0.2, -0.15) is 9.97 Å². The SMILES string of the molecule is C#Cc1cccc2cc(O)cc(-c3nc4c(N5CC6CCC(C5)N6)nc(OC[C@@]56CCCN5C[C@H](F)C6)nc4o3)c12. The number of nitrogens with zero attached hydrogens (tertiary/aromatic N) is 5. The van der Waals surface area contributed by atoms with Crippen molar-refractivity contribution in [3.8, 4) is 35.6 Å². The number of fused-ring (bicyclic) bond motifs is 5. The van der Waals surface area contributed by atoms with Crippen molar-refractivity contribution < 1.29 is 18.7 Å². The van der Waals surface area contributed by atoms with E-state index < -0.39 is 6.17 Å². The summed E-state index contributed by atoms with van der Waals surface area (Å²) in [6, 6.07) is 9.87. The number of piperazine rings is 1. The van der Waals surface area contributed by atoms with Gasteiger partial charge in [-0.25, -0.2) is 9.37 Å². The third-order valence-electron chi connectivity index (χ3n) is 9.31. The lowest BCUT2D eigenvalue weighted by Crippen LogP contribution is -2.51. The van der Waals surface area contributed by atoms with Crippen LogP contribution in [0.2, 0.25) is 0 Å². The molecule has 4 atom stereocenters. The van der Waals surface area contributed by atoms with Crippen LogP contribution in [0.5, 0.6) is 11.8 Å². The van der Waals surface area contributed by atoms with Crippen LogP contribution in [-0.2, 0) is 0 Å². The molecule has 2 aromatic heterocycles. The van der Waals surface area contributed by atoms with Gasteiger partial charge in [-0.3, -0.25) is 4.90 Å². The number of aromatic nitrogens is 3. The number of anilines is 1. The number of hydrogen-bond acceptors (Lipinski definition) is 9. The van der Waals surface area contributed by atoms with Crippen molar-refractivity contribution in [2.24, 2.45) is 0 Å². The van der Waals surface area contributed by atoms with Gasteiger partial charge in [-0.1, -0.05) is 18.1 Å². The summed E-state index contributed by atoms with van der Waals surface area (Å²) in [7, 11) is 0. The van der Waals surface area contributed by atoms with E-state index in [1.807, 2.05) is 18.2 Å². The molecule has 0 spiro atoms. The Morgan fingerprint density at radius 1 is 1.17 bits per heavy atom. The summed E-state index contributed by atoms with van der Waals surface area (Å²) in [6.07, 6.45) is 9.65. The Morgan fingerprint density at radius 2 is 2.02 bits per heavy atom. The first kappa shape index (κ1) is 24.8. The normalized spacial score (nSPS) is 27.5. The number of phenolic OH excluding ortho intramolecular Hbond substituents is 1. The number of oxazole rings is 1. The molecule has 2 aromatic carbocycles. The zero-order chi connectivity index (χ0) is 27.7. The van der Waals surface area contributed by atoms with E-state index in [0.29, 0.717) is 65.7 Å². The maximum Gasteiger partial charge on any atom is 0.321 e. The minimum atomic E-state index is -0.837. The highest BCUT2D eigenvalue weighted by molar-refractivity contribution is 6.01. The predicted molar refractivity (Wildman–Crippen MR) is 153 cm³/mol. The van der Waals surface area contributed by atoms with Gasteiger partial charge in [-0.05, 0) is 55.8 Å². The molecule has 10 heteroatoms. The lowest BCUT2D eigenvalue weighted by Gasteiger charge is -2.34. The number of alkyl halides is 1. The molecule has 0 amide bonds. The largest absolute Gasteiger partial charge is 0.508 e. The summed E-state index contributed by atoms with van der Waals surface area (Å²) in [6.45, 7) is 3.26. The molecule has 2 bridgehead atoms. The third-order valence-corrected chi connectivity index (χ3v) is 9.31. The number of nitrogens with one attached hydrogen (secondary N) is 1. The molecule has 4 aliphatic rings. The first-order valence-corrected chi connectivity index (χ1v) is 14.4. The standard InChI is InChI=1S/C31H31FN6O3/c1-2-18-5-3-6-19-11-23(39)12-24(25(18)19)28-34-26-27(37-15-21-7-8-22(16-37)33-21)35-30(36-29(26)41-28)40-17-31-9-4-10-38(31)14-20(32)13-31/h1,3,5-6,11-12,20-22,33,39H,4,7-10,13-17H2/t20-,21?,22?,31+/m1/s1. The second-order valence-corrected chi connectivity index (χ2v) is 12.0. The molecule has 0 radical (unpaired) electrons. The Balaban J connectivity index is 1.23. The molecule has 2 unspecified atom stereocenters. The summed E-state index contributed by atoms with van der Waals surface area (Å²) in [5.41, 5.74) is 1.78. The van der Waals surface area contributed by atoms with Gasteiger partial charge in [0.15, 0.2) is 11.3 Å². The monoisotopic (exact) mass is 554 g/mol. The summed E-state index contributed by atoms with van der Waals surface area (Å²) < 4.78 is 26.9. The Morgan fingerprint density at radius 3 is 2.85 bits per heavy atom. The van der Waals surface area contributed by atoms with Crippen LogP contribution in [0, 0.1) is 12.3 Å². The average molecular weight is 555 g/mol. The second kappa shape index (κ2) is 9.29. The molecule has 0 saturated carbocycles. The Kier molecular flexibility index (Phi) is 5.63. The van der Waals surface area contributed by atoms with Crippen LogP contribution in [0.4, 0.5) is 10.2 Å². The Hall–Kier alpha value is -3.94. The van der Waals surface area contributed by atoms with E-state index >= 15 is 0 Å². The number of phenols is 1. The van der Waals surface area contributed by atoms with Crippen LogP contribution in [0.15, 0.2) is 34.7 Å². The van der Waals surface area contributed by atoms with Crippen LogP contribution >= 0.6 is 0 Å². The van der Waals surface area contributed by atoms with Crippen molar-refractivity contribution in [3.63, 3.8) is 0 Å². The molecule has 41 heavy (non-hydrogen) atoms. The third kappa shape index (κ3) is 4.10. The van der Waals surface area contributed by atoms with E-state index in [2.05, 4.69) is 26.0 Å². The number of ether oxygens (including phenoxy) is 1. The van der Waals surface area contributed by atoms with Gasteiger partial charge in [0.1, 0.15) is 18.5 Å². The maximum absolute atomic E-state index is 14.4. The van der Waals surface area contributed by atoms with Gasteiger partial charge < -0.3 is 24.5 Å². The molecular weight excluding hydrogens is 523 g/mol. The Bertz CT molecular complexity index is 1710. The number of terminal acetylenes is 1. The van der Waals surface area contributed by atoms with Crippen molar-refractivity contribution in [3.05, 3.63) is 35.9 Å². The van der Waals surface area contributed by atoms with Gasteiger partial charge in [-0.15, -0.1) is 6.42 Å². The molecule has 4 aromatic rings. The van der Waals surface area contributed by atoms with Crippen molar-refractivity contribution in [1.82, 2.24) is 25.2 Å². The first-order chi connectivity index (χ1) is 20.0. The maximum atomic E-state index is 14.4. The second-order valence-electron chi connectivity index (χ2n) is 12.0. The van der Waals surface area contributed by atoms with E-state index in [9.17, 15) is 9.50 Å². The number of aromatic hydroxyl groups is 1. The quantitative estimate of drug-likeness (QED) is 0.355. The van der Waals surface area contributed by atoms with Gasteiger partial charge in [0, 0.05) is 54.7 Å². The lowest BCUT2D eigenvalue weighted by molar-refractivity contribution is 0.107. The van der Waals surface area contributed by atoms with Crippen LogP contribution in [0.25, 0.3) is 33.5 Å². The highest BCUT2D eigenvalue weighted by Gasteiger charge is 2.49. The van der Waals surface area contributed by atoms with Crippen LogP contribution in [0.1, 0.15) is 37.7 Å². The molecule has 4 saturated heterocycles. The molecule has 2 N–H and O–H groups in total. The molecule has 6 heterocycles. The zero-order valence-electron chi connectivity index (χ0n) is 22.6. The fourth-order valence-electron chi connectivity index (χ4n) is 7.51. The minimum absolute atomic E-state index is 0.0843. The topological polar surface area (TPSA) is 99.8 Å². The van der Waals surface area contributed by atoms with Crippen LogP contribution in [0.3, 0.4) is 0 Å². The summed E-state index contributed by atoms with van der Waals surface area (Å²) in [5, 5.41) is 15.8. The number of rotatable bonds is 5. The summed E-state index contributed by atoms with van der Waals surface area (Å²) >= 11 is 0. The molecule has 8 rings (SSSR count). The molecule has 9 nitrogen and oxygen atoms in total. The summed E-state index contributed by atoms with van der Waals surface area (Å²) in [5.74, 6) is 3.79. The summed E-state index contributed by atoms with van der Waals surface area (Å²) in [4.78, 5) is 18.9. The highest BCUT2D eigenvalue weighted by atomic mass is 19.1. The fourth-order valence-corrected chi connectivity index (χ4v) is 7.51. The lowest BCUT2D eigenvalue weighted by atomic mass is 9.95. The van der Waals surface area contributed by atoms with Crippen LogP contribution < -0.4 is 15.0 Å². The van der Waals surface area contributed by atoms with Gasteiger partial charge in [0.2, 0.25) is 5.89 Å². The molecule has 4 fully saturated rings.